The van der Waals surface area contributed by atoms with Crippen molar-refractivity contribution in [3.8, 4) is 5.75 Å². The summed E-state index contributed by atoms with van der Waals surface area (Å²) in [5, 5.41) is 5.11. The van der Waals surface area contributed by atoms with Gasteiger partial charge >= 0.3 is 0 Å². The number of fused-ring (bicyclic) bond motifs is 3. The minimum Gasteiger partial charge on any atom is -0.497 e. The molecule has 0 saturated heterocycles. The monoisotopic (exact) mass is 298 g/mol. The predicted octanol–water partition coefficient (Wildman–Crippen LogP) is 5.59. The van der Waals surface area contributed by atoms with Gasteiger partial charge in [0.2, 0.25) is 0 Å². The number of hydrogen-bond donors (Lipinski definition) is 0. The largest absolute Gasteiger partial charge is 0.497 e. The van der Waals surface area contributed by atoms with E-state index in [1.54, 1.807) is 7.11 Å². The lowest BCUT2D eigenvalue weighted by Gasteiger charge is -2.12. The number of hydrogen-bond acceptors (Lipinski definition) is 1. The summed E-state index contributed by atoms with van der Waals surface area (Å²) in [6.07, 6.45) is 0.939. The molecule has 112 valence electrons. The van der Waals surface area contributed by atoms with E-state index >= 15 is 0 Å². The van der Waals surface area contributed by atoms with Crippen LogP contribution >= 0.6 is 0 Å². The van der Waals surface area contributed by atoms with Crippen LogP contribution in [0.25, 0.3) is 21.5 Å². The molecule has 0 bridgehead atoms. The van der Waals surface area contributed by atoms with Gasteiger partial charge < -0.3 is 4.74 Å². The van der Waals surface area contributed by atoms with Crippen molar-refractivity contribution in [2.45, 2.75) is 6.42 Å². The fourth-order valence-electron chi connectivity index (χ4n) is 3.25. The van der Waals surface area contributed by atoms with E-state index in [-0.39, 0.29) is 0 Å². The van der Waals surface area contributed by atoms with E-state index in [0.29, 0.717) is 0 Å². The highest BCUT2D eigenvalue weighted by Gasteiger charge is 2.08. The molecule has 0 spiro atoms. The first-order chi connectivity index (χ1) is 11.3. The van der Waals surface area contributed by atoms with Crippen LogP contribution in [0.15, 0.2) is 78.9 Å². The van der Waals surface area contributed by atoms with Crippen LogP contribution in [-0.2, 0) is 6.42 Å². The van der Waals surface area contributed by atoms with Gasteiger partial charge in [0.15, 0.2) is 0 Å². The van der Waals surface area contributed by atoms with E-state index in [1.807, 2.05) is 6.07 Å². The molecule has 0 atom stereocenters. The standard InChI is InChI=1S/C22H18O/c1-23-19-11-12-21-18(13-16-7-3-2-4-8-16)14-17-9-5-6-10-20(17)22(21)15-19/h2-12,14-15H,13H2,1H3. The van der Waals surface area contributed by atoms with Crippen LogP contribution in [0.3, 0.4) is 0 Å². The highest BCUT2D eigenvalue weighted by Crippen LogP contribution is 2.32. The first-order valence-electron chi connectivity index (χ1n) is 7.87. The van der Waals surface area contributed by atoms with Gasteiger partial charge in [-0.15, -0.1) is 0 Å². The fourth-order valence-corrected chi connectivity index (χ4v) is 3.25. The molecule has 0 aliphatic rings. The molecule has 0 fully saturated rings. The summed E-state index contributed by atoms with van der Waals surface area (Å²) >= 11 is 0. The Hall–Kier alpha value is -2.80. The smallest absolute Gasteiger partial charge is 0.119 e. The third-order valence-electron chi connectivity index (χ3n) is 4.39. The van der Waals surface area contributed by atoms with Gasteiger partial charge in [0.1, 0.15) is 5.75 Å². The summed E-state index contributed by atoms with van der Waals surface area (Å²) in [6, 6.07) is 27.9. The lowest BCUT2D eigenvalue weighted by Crippen LogP contribution is -1.92. The maximum atomic E-state index is 5.43. The molecular formula is C22H18O. The Labute approximate surface area is 136 Å². The normalized spacial score (nSPS) is 11.0. The average molecular weight is 298 g/mol. The molecule has 4 rings (SSSR count). The third-order valence-corrected chi connectivity index (χ3v) is 4.39. The molecule has 1 nitrogen and oxygen atoms in total. The van der Waals surface area contributed by atoms with Gasteiger partial charge in [-0.3, -0.25) is 0 Å². The number of benzene rings is 4. The molecule has 0 aromatic heterocycles. The minimum atomic E-state index is 0.902. The maximum Gasteiger partial charge on any atom is 0.119 e. The second kappa shape index (κ2) is 5.77. The lowest BCUT2D eigenvalue weighted by molar-refractivity contribution is 0.415. The van der Waals surface area contributed by atoms with Crippen LogP contribution in [0, 0.1) is 0 Å². The van der Waals surface area contributed by atoms with Crippen molar-refractivity contribution in [2.75, 3.05) is 7.11 Å². The summed E-state index contributed by atoms with van der Waals surface area (Å²) < 4.78 is 5.43. The van der Waals surface area contributed by atoms with Crippen molar-refractivity contribution in [1.29, 1.82) is 0 Å². The average Bonchev–Trinajstić information content (AvgIpc) is 2.62. The molecule has 0 unspecified atom stereocenters. The van der Waals surface area contributed by atoms with E-state index in [4.69, 9.17) is 4.74 Å². The second-order valence-electron chi connectivity index (χ2n) is 5.83. The van der Waals surface area contributed by atoms with Crippen LogP contribution < -0.4 is 4.74 Å². The zero-order valence-corrected chi connectivity index (χ0v) is 13.1. The molecule has 1 heteroatoms. The highest BCUT2D eigenvalue weighted by molar-refractivity contribution is 6.09. The van der Waals surface area contributed by atoms with Gasteiger partial charge in [-0.1, -0.05) is 66.7 Å². The van der Waals surface area contributed by atoms with Gasteiger partial charge in [-0.05, 0) is 51.2 Å². The van der Waals surface area contributed by atoms with Crippen LogP contribution in [0.1, 0.15) is 11.1 Å². The fraction of sp³-hybridized carbons (Fsp3) is 0.0909. The molecule has 4 aromatic rings. The van der Waals surface area contributed by atoms with Gasteiger partial charge in [0, 0.05) is 0 Å². The molecule has 23 heavy (non-hydrogen) atoms. The van der Waals surface area contributed by atoms with Crippen molar-refractivity contribution in [3.05, 3.63) is 90.0 Å². The van der Waals surface area contributed by atoms with Crippen LogP contribution in [0.4, 0.5) is 0 Å². The van der Waals surface area contributed by atoms with Crippen molar-refractivity contribution in [3.63, 3.8) is 0 Å². The summed E-state index contributed by atoms with van der Waals surface area (Å²) in [5.41, 5.74) is 2.69. The van der Waals surface area contributed by atoms with E-state index in [2.05, 4.69) is 72.8 Å². The molecule has 0 radical (unpaired) electrons. The zero-order chi connectivity index (χ0) is 15.6. The molecule has 0 aliphatic heterocycles. The van der Waals surface area contributed by atoms with Crippen molar-refractivity contribution in [1.82, 2.24) is 0 Å². The summed E-state index contributed by atoms with van der Waals surface area (Å²) in [6.45, 7) is 0. The van der Waals surface area contributed by atoms with Crippen LogP contribution in [-0.4, -0.2) is 7.11 Å². The highest BCUT2D eigenvalue weighted by atomic mass is 16.5. The Balaban J connectivity index is 1.98. The van der Waals surface area contributed by atoms with Gasteiger partial charge in [0.25, 0.3) is 0 Å². The van der Waals surface area contributed by atoms with Gasteiger partial charge in [-0.25, -0.2) is 0 Å². The van der Waals surface area contributed by atoms with Crippen LogP contribution in [0.2, 0.25) is 0 Å². The summed E-state index contributed by atoms with van der Waals surface area (Å²) in [5.74, 6) is 0.902. The van der Waals surface area contributed by atoms with E-state index in [9.17, 15) is 0 Å². The predicted molar refractivity (Wildman–Crippen MR) is 97.3 cm³/mol. The number of rotatable bonds is 3. The molecular weight excluding hydrogens is 280 g/mol. The Bertz CT molecular complexity index is 971. The summed E-state index contributed by atoms with van der Waals surface area (Å²) in [4.78, 5) is 0. The molecule has 0 heterocycles. The maximum absolute atomic E-state index is 5.43. The SMILES string of the molecule is COc1ccc2c(Cc3ccccc3)cc3ccccc3c2c1. The van der Waals surface area contributed by atoms with Crippen molar-refractivity contribution >= 4 is 21.5 Å². The molecule has 0 amide bonds. The van der Waals surface area contributed by atoms with Crippen molar-refractivity contribution in [2.24, 2.45) is 0 Å². The van der Waals surface area contributed by atoms with Gasteiger partial charge in [-0.2, -0.15) is 0 Å². The summed E-state index contributed by atoms with van der Waals surface area (Å²) in [7, 11) is 1.72. The quantitative estimate of drug-likeness (QED) is 0.448. The molecule has 0 N–H and O–H groups in total. The Morgan fingerprint density at radius 2 is 1.48 bits per heavy atom. The third kappa shape index (κ3) is 2.55. The van der Waals surface area contributed by atoms with Crippen molar-refractivity contribution < 1.29 is 4.74 Å². The second-order valence-corrected chi connectivity index (χ2v) is 5.83. The molecule has 0 saturated carbocycles. The molecule has 0 aliphatic carbocycles. The number of methoxy groups -OCH3 is 1. The van der Waals surface area contributed by atoms with E-state index in [1.165, 1.54) is 32.7 Å². The zero-order valence-electron chi connectivity index (χ0n) is 13.1. The van der Waals surface area contributed by atoms with E-state index in [0.717, 1.165) is 12.2 Å². The lowest BCUT2D eigenvalue weighted by atomic mass is 9.93. The Morgan fingerprint density at radius 1 is 0.696 bits per heavy atom. The van der Waals surface area contributed by atoms with E-state index < -0.39 is 0 Å². The minimum absolute atomic E-state index is 0.902. The Morgan fingerprint density at radius 3 is 2.30 bits per heavy atom. The molecule has 4 aromatic carbocycles. The Kier molecular flexibility index (Phi) is 3.47. The first-order valence-corrected chi connectivity index (χ1v) is 7.87. The van der Waals surface area contributed by atoms with Gasteiger partial charge in [0.05, 0.1) is 7.11 Å². The first kappa shape index (κ1) is 13.8. The topological polar surface area (TPSA) is 9.23 Å². The van der Waals surface area contributed by atoms with Crippen LogP contribution in [0.5, 0.6) is 5.75 Å². The number of ether oxygens (including phenoxy) is 1.